The highest BCUT2D eigenvalue weighted by Crippen LogP contribution is 2.30. The molecule has 0 aliphatic heterocycles. The minimum atomic E-state index is -0.269. The van der Waals surface area contributed by atoms with Crippen molar-refractivity contribution in [3.05, 3.63) is 48.7 Å². The fourth-order valence-corrected chi connectivity index (χ4v) is 4.55. The molecule has 0 radical (unpaired) electrons. The van der Waals surface area contributed by atoms with Crippen molar-refractivity contribution in [1.29, 1.82) is 0 Å². The Bertz CT molecular complexity index is 916. The quantitative estimate of drug-likeness (QED) is 0.465. The summed E-state index contributed by atoms with van der Waals surface area (Å²) in [5.74, 6) is 1.33. The van der Waals surface area contributed by atoms with Crippen LogP contribution in [0.2, 0.25) is 0 Å². The van der Waals surface area contributed by atoms with Gasteiger partial charge in [0.1, 0.15) is 0 Å². The Labute approximate surface area is 175 Å². The molecule has 0 spiro atoms. The Hall–Kier alpha value is -2.54. The van der Waals surface area contributed by atoms with E-state index in [0.29, 0.717) is 22.8 Å². The van der Waals surface area contributed by atoms with E-state index in [2.05, 4.69) is 15.5 Å². The van der Waals surface area contributed by atoms with Crippen LogP contribution < -0.4 is 5.32 Å². The zero-order valence-electron chi connectivity index (χ0n) is 16.6. The average Bonchev–Trinajstić information content (AvgIpc) is 3.34. The molecule has 1 fully saturated rings. The third kappa shape index (κ3) is 4.72. The van der Waals surface area contributed by atoms with Gasteiger partial charge in [-0.15, -0.1) is 10.2 Å². The van der Waals surface area contributed by atoms with Gasteiger partial charge in [0.05, 0.1) is 11.5 Å². The highest BCUT2D eigenvalue weighted by atomic mass is 32.2. The van der Waals surface area contributed by atoms with Gasteiger partial charge >= 0.3 is 0 Å². The number of aromatic nitrogens is 3. The zero-order chi connectivity index (χ0) is 20.1. The Kier molecular flexibility index (Phi) is 6.34. The number of thioether (sulfide) groups is 1. The van der Waals surface area contributed by atoms with Crippen LogP contribution in [-0.2, 0) is 4.79 Å². The predicted molar refractivity (Wildman–Crippen MR) is 114 cm³/mol. The molecule has 1 saturated carbocycles. The highest BCUT2D eigenvalue weighted by molar-refractivity contribution is 8.00. The van der Waals surface area contributed by atoms with Gasteiger partial charge in [0.25, 0.3) is 0 Å². The van der Waals surface area contributed by atoms with Crippen LogP contribution in [0.3, 0.4) is 0 Å². The molecule has 4 rings (SSSR count). The summed E-state index contributed by atoms with van der Waals surface area (Å²) in [4.78, 5) is 12.8. The van der Waals surface area contributed by atoms with Crippen LogP contribution in [0, 0.1) is 0 Å². The number of nitrogens with zero attached hydrogens (tertiary/aromatic N) is 3. The van der Waals surface area contributed by atoms with Gasteiger partial charge in [0.2, 0.25) is 11.7 Å². The predicted octanol–water partition coefficient (Wildman–Crippen LogP) is 4.85. The first kappa shape index (κ1) is 19.8. The summed E-state index contributed by atoms with van der Waals surface area (Å²) in [5.41, 5.74) is 0.933. The third-order valence-corrected chi connectivity index (χ3v) is 6.28. The lowest BCUT2D eigenvalue weighted by Gasteiger charge is -2.19. The van der Waals surface area contributed by atoms with Crippen LogP contribution in [0.4, 0.5) is 0 Å². The first-order valence-electron chi connectivity index (χ1n) is 10.2. The number of para-hydroxylation sites is 1. The molecule has 1 N–H and O–H groups in total. The first-order chi connectivity index (χ1) is 14.2. The van der Waals surface area contributed by atoms with Crippen LogP contribution in [0.5, 0.6) is 0 Å². The van der Waals surface area contributed by atoms with E-state index in [1.165, 1.54) is 37.4 Å². The van der Waals surface area contributed by atoms with Gasteiger partial charge in [0, 0.05) is 11.7 Å². The second kappa shape index (κ2) is 9.31. The monoisotopic (exact) mass is 410 g/mol. The second-order valence-electron chi connectivity index (χ2n) is 7.41. The summed E-state index contributed by atoms with van der Waals surface area (Å²) in [6, 6.07) is 13.9. The number of nitrogens with one attached hydrogen (secondary N) is 1. The number of furan rings is 1. The SMILES string of the molecule is C[C@H](Sc1nnc(-c2ccco2)n1-c1ccccc1)C(=O)NC1CCCCCC1. The second-order valence-corrected chi connectivity index (χ2v) is 8.72. The highest BCUT2D eigenvalue weighted by Gasteiger charge is 2.24. The third-order valence-electron chi connectivity index (χ3n) is 5.24. The van der Waals surface area contributed by atoms with Gasteiger partial charge in [-0.1, -0.05) is 55.6 Å². The van der Waals surface area contributed by atoms with Gasteiger partial charge < -0.3 is 9.73 Å². The smallest absolute Gasteiger partial charge is 0.233 e. The maximum absolute atomic E-state index is 12.8. The lowest BCUT2D eigenvalue weighted by Crippen LogP contribution is -2.39. The van der Waals surface area contributed by atoms with Crippen molar-refractivity contribution in [3.8, 4) is 17.3 Å². The molecule has 3 aromatic rings. The molecule has 152 valence electrons. The molecule has 7 heteroatoms. The largest absolute Gasteiger partial charge is 0.461 e. The van der Waals surface area contributed by atoms with Crippen molar-refractivity contribution >= 4 is 17.7 Å². The summed E-state index contributed by atoms with van der Waals surface area (Å²) in [6.07, 6.45) is 8.70. The molecule has 1 amide bonds. The number of hydrogen-bond acceptors (Lipinski definition) is 5. The van der Waals surface area contributed by atoms with E-state index in [4.69, 9.17) is 4.42 Å². The van der Waals surface area contributed by atoms with Crippen molar-refractivity contribution in [2.75, 3.05) is 0 Å². The molecule has 6 nitrogen and oxygen atoms in total. The van der Waals surface area contributed by atoms with E-state index < -0.39 is 0 Å². The standard InChI is InChI=1S/C22H26N4O2S/c1-16(21(27)23-17-10-5-2-3-6-11-17)29-22-25-24-20(19-14-9-15-28-19)26(22)18-12-7-4-8-13-18/h4,7-9,12-17H,2-3,5-6,10-11H2,1H3,(H,23,27)/t16-/m0/s1. The van der Waals surface area contributed by atoms with Crippen molar-refractivity contribution < 1.29 is 9.21 Å². The lowest BCUT2D eigenvalue weighted by molar-refractivity contribution is -0.121. The van der Waals surface area contributed by atoms with Gasteiger partial charge in [-0.3, -0.25) is 9.36 Å². The normalized spacial score (nSPS) is 16.3. The number of hydrogen-bond donors (Lipinski definition) is 1. The molecule has 1 aliphatic carbocycles. The van der Waals surface area contributed by atoms with Gasteiger partial charge in [-0.05, 0) is 44.0 Å². The summed E-state index contributed by atoms with van der Waals surface area (Å²) >= 11 is 1.42. The number of benzene rings is 1. The molecule has 1 aliphatic rings. The Morgan fingerprint density at radius 2 is 1.86 bits per heavy atom. The van der Waals surface area contributed by atoms with Crippen LogP contribution in [0.25, 0.3) is 17.3 Å². The minimum Gasteiger partial charge on any atom is -0.461 e. The number of carbonyl (C=O) groups excluding carboxylic acids is 1. The van der Waals surface area contributed by atoms with Crippen LogP contribution in [0.1, 0.15) is 45.4 Å². The molecule has 29 heavy (non-hydrogen) atoms. The molecule has 2 aromatic heterocycles. The molecule has 0 bridgehead atoms. The van der Waals surface area contributed by atoms with E-state index in [9.17, 15) is 4.79 Å². The van der Waals surface area contributed by atoms with E-state index in [1.807, 2.05) is 54.0 Å². The maximum Gasteiger partial charge on any atom is 0.233 e. The van der Waals surface area contributed by atoms with E-state index in [1.54, 1.807) is 6.26 Å². The summed E-state index contributed by atoms with van der Waals surface area (Å²) in [5, 5.41) is 12.4. The molecule has 0 unspecified atom stereocenters. The van der Waals surface area contributed by atoms with Crippen LogP contribution in [0.15, 0.2) is 58.3 Å². The number of amides is 1. The molecular weight excluding hydrogens is 384 g/mol. The molecule has 0 saturated heterocycles. The first-order valence-corrected chi connectivity index (χ1v) is 11.1. The van der Waals surface area contributed by atoms with Crippen molar-refractivity contribution in [3.63, 3.8) is 0 Å². The van der Waals surface area contributed by atoms with Gasteiger partial charge in [-0.25, -0.2) is 0 Å². The fourth-order valence-electron chi connectivity index (χ4n) is 3.68. The van der Waals surface area contributed by atoms with Crippen molar-refractivity contribution in [2.24, 2.45) is 0 Å². The van der Waals surface area contributed by atoms with E-state index >= 15 is 0 Å². The van der Waals surface area contributed by atoms with Gasteiger partial charge in [-0.2, -0.15) is 0 Å². The summed E-state index contributed by atoms with van der Waals surface area (Å²) < 4.78 is 7.49. The Morgan fingerprint density at radius 1 is 1.10 bits per heavy atom. The van der Waals surface area contributed by atoms with Crippen LogP contribution in [-0.4, -0.2) is 32.0 Å². The summed E-state index contributed by atoms with van der Waals surface area (Å²) in [7, 11) is 0. The molecule has 1 atom stereocenters. The van der Waals surface area contributed by atoms with E-state index in [0.717, 1.165) is 18.5 Å². The Morgan fingerprint density at radius 3 is 2.55 bits per heavy atom. The van der Waals surface area contributed by atoms with Crippen molar-refractivity contribution in [1.82, 2.24) is 20.1 Å². The fraction of sp³-hybridized carbons (Fsp3) is 0.409. The number of carbonyl (C=O) groups is 1. The van der Waals surface area contributed by atoms with Crippen LogP contribution >= 0.6 is 11.8 Å². The molecular formula is C22H26N4O2S. The average molecular weight is 411 g/mol. The lowest BCUT2D eigenvalue weighted by atomic mass is 10.1. The minimum absolute atomic E-state index is 0.0593. The number of rotatable bonds is 6. The van der Waals surface area contributed by atoms with E-state index in [-0.39, 0.29) is 11.2 Å². The maximum atomic E-state index is 12.8. The summed E-state index contributed by atoms with van der Waals surface area (Å²) in [6.45, 7) is 1.92. The van der Waals surface area contributed by atoms with Crippen molar-refractivity contribution in [2.45, 2.75) is 61.9 Å². The van der Waals surface area contributed by atoms with Gasteiger partial charge in [0.15, 0.2) is 10.9 Å². The molecule has 1 aromatic carbocycles. The Balaban J connectivity index is 1.54. The molecule has 2 heterocycles. The zero-order valence-corrected chi connectivity index (χ0v) is 17.4. The topological polar surface area (TPSA) is 73.0 Å².